The number of carbonyl (C=O) groups is 1. The van der Waals surface area contributed by atoms with E-state index < -0.39 is 6.79 Å². The van der Waals surface area contributed by atoms with Crippen molar-refractivity contribution in [2.45, 2.75) is 0 Å². The first-order chi connectivity index (χ1) is 2.77. The Morgan fingerprint density at radius 1 is 2.00 bits per heavy atom. The van der Waals surface area contributed by atoms with Crippen molar-refractivity contribution in [3.63, 3.8) is 0 Å². The van der Waals surface area contributed by atoms with Crippen molar-refractivity contribution in [2.24, 2.45) is 0 Å². The second-order valence-corrected chi connectivity index (χ2v) is 4.12. The zero-order valence-corrected chi connectivity index (χ0v) is 11.7. The number of hydrogen-bond donors (Lipinski definition) is 1. The predicted molar refractivity (Wildman–Crippen MR) is 15.0 cm³/mol. The van der Waals surface area contributed by atoms with Crippen molar-refractivity contribution >= 4 is 1.01 Å². The molecule has 1 N–H and O–H groups in total. The fourth-order valence-electron chi connectivity index (χ4n) is 0.0909. The van der Waals surface area contributed by atoms with Crippen LogP contribution in [0.4, 0.5) is 4.79 Å². The number of aliphatic hydroxyl groups is 1. The Labute approximate surface area is 64.4 Å². The monoisotopic (exact) mass is 302 g/mol. The van der Waals surface area contributed by atoms with Gasteiger partial charge < -0.3 is 0 Å². The fraction of sp³-hybridized carbons (Fsp3) is 0.500. The number of aliphatic hydroxyl groups excluding tert-OH is 1. The van der Waals surface area contributed by atoms with Gasteiger partial charge in [-0.3, -0.25) is 0 Å². The molecule has 4 heteroatoms. The van der Waals surface area contributed by atoms with E-state index in [2.05, 4.69) is 4.74 Å². The molecule has 0 amide bonds. The average molecular weight is 302 g/mol. The first-order valence-corrected chi connectivity index (χ1v) is 5.62. The molecule has 0 aromatic heterocycles. The van der Waals surface area contributed by atoms with Crippen LogP contribution in [0.2, 0.25) is 0 Å². The molecule has 0 aromatic rings. The summed E-state index contributed by atoms with van der Waals surface area (Å²) in [5.74, 6) is 0. The van der Waals surface area contributed by atoms with Crippen LogP contribution in [0, 0.1) is 42.8 Å². The Morgan fingerprint density at radius 2 is 2.50 bits per heavy atom. The van der Waals surface area contributed by atoms with Crippen LogP contribution in [0.5, 0.6) is 0 Å². The summed E-state index contributed by atoms with van der Waals surface area (Å²) in [5.41, 5.74) is 0. The summed E-state index contributed by atoms with van der Waals surface area (Å²) in [6.45, 7) is -0.461. The van der Waals surface area contributed by atoms with Crippen molar-refractivity contribution in [3.8, 4) is 0 Å². The van der Waals surface area contributed by atoms with E-state index in [0.29, 0.717) is 0 Å². The summed E-state index contributed by atoms with van der Waals surface area (Å²) < 4.78 is 3.83. The molecule has 0 spiro atoms. The van der Waals surface area contributed by atoms with Crippen LogP contribution < -0.4 is 0 Å². The number of rotatable bonds is 1. The molecule has 0 heterocycles. The van der Waals surface area contributed by atoms with Crippen molar-refractivity contribution in [1.29, 1.82) is 0 Å². The molecule has 0 radical (unpaired) electrons. The topological polar surface area (TPSA) is 46.5 Å². The summed E-state index contributed by atoms with van der Waals surface area (Å²) in [6.07, 6.45) is 0. The Kier molecular flexibility index (Phi) is 4.68. The summed E-state index contributed by atoms with van der Waals surface area (Å²) >= 11 is -0.214. The molecule has 0 saturated heterocycles. The molecule has 32 valence electrons. The third kappa shape index (κ3) is 4.90. The molecule has 0 aliphatic carbocycles. The van der Waals surface area contributed by atoms with Gasteiger partial charge in [0.15, 0.2) is 0 Å². The van der Waals surface area contributed by atoms with Gasteiger partial charge in [-0.05, 0) is 0 Å². The van der Waals surface area contributed by atoms with E-state index >= 15 is 0 Å². The van der Waals surface area contributed by atoms with Crippen LogP contribution >= 0.6 is 0 Å². The van der Waals surface area contributed by atoms with Crippen LogP contribution in [0.3, 0.4) is 0 Å². The van der Waals surface area contributed by atoms with Gasteiger partial charge in [-0.1, -0.05) is 0 Å². The Hall–Kier alpha value is 0.898. The average Bonchev–Trinajstić information content (AvgIpc) is 1.35. The van der Waals surface area contributed by atoms with E-state index in [1.165, 1.54) is 0 Å². The van der Waals surface area contributed by atoms with Crippen LogP contribution in [0.1, 0.15) is 0 Å². The van der Waals surface area contributed by atoms with Crippen molar-refractivity contribution < 1.29 is 57.4 Å². The van der Waals surface area contributed by atoms with E-state index in [9.17, 15) is 4.79 Å². The predicted octanol–water partition coefficient (Wildman–Crippen LogP) is -0.646. The van der Waals surface area contributed by atoms with Gasteiger partial charge in [-0.2, -0.15) is 0 Å². The SMILES string of the molecule is O=[C]([RaH])OCO. The zero-order chi connectivity index (χ0) is 4.99. The van der Waals surface area contributed by atoms with Crippen LogP contribution in [-0.4, -0.2) is 12.9 Å². The Morgan fingerprint density at radius 3 is 2.50 bits per heavy atom. The van der Waals surface area contributed by atoms with Gasteiger partial charge in [-0.15, -0.1) is 0 Å². The Balaban J connectivity index is 2.83. The quantitative estimate of drug-likeness (QED) is 0.655. The minimum absolute atomic E-state index is 0.214. The van der Waals surface area contributed by atoms with Crippen LogP contribution in [0.15, 0.2) is 0 Å². The summed E-state index contributed by atoms with van der Waals surface area (Å²) in [5, 5.41) is 7.83. The normalized spacial score (nSPS) is 7.33. The van der Waals surface area contributed by atoms with Gasteiger partial charge in [-0.25, -0.2) is 0 Å². The first kappa shape index (κ1) is 6.90. The second-order valence-electron chi connectivity index (χ2n) is 0.765. The van der Waals surface area contributed by atoms with Gasteiger partial charge in [0.2, 0.25) is 0 Å². The molecule has 0 unspecified atom stereocenters. The fourth-order valence-corrected chi connectivity index (χ4v) is 0.621. The summed E-state index contributed by atoms with van der Waals surface area (Å²) in [4.78, 5) is 9.76. The van der Waals surface area contributed by atoms with Gasteiger partial charge >= 0.3 is 65.2 Å². The molecule has 3 nitrogen and oxygen atoms in total. The molecule has 0 bridgehead atoms. The van der Waals surface area contributed by atoms with Crippen molar-refractivity contribution in [3.05, 3.63) is 0 Å². The zero-order valence-electron chi connectivity index (χ0n) is 3.47. The number of ether oxygens (including phenoxy) is 1. The van der Waals surface area contributed by atoms with E-state index in [-0.39, 0.29) is 43.8 Å². The van der Waals surface area contributed by atoms with Gasteiger partial charge in [0.05, 0.1) is 0 Å². The molecule has 6 heavy (non-hydrogen) atoms. The van der Waals surface area contributed by atoms with Gasteiger partial charge in [0, 0.05) is 0 Å². The minimum atomic E-state index is -0.461. The van der Waals surface area contributed by atoms with E-state index in [1.54, 1.807) is 0 Å². The molecule has 0 aliphatic rings. The van der Waals surface area contributed by atoms with Crippen molar-refractivity contribution in [1.82, 2.24) is 0 Å². The summed E-state index contributed by atoms with van der Waals surface area (Å²) in [7, 11) is 0. The standard InChI is InChI=1S/C2H3O3.Ra.H/c3-1-5-2-4;;/h3H,1H2;;. The van der Waals surface area contributed by atoms with Gasteiger partial charge in [0.1, 0.15) is 0 Å². The van der Waals surface area contributed by atoms with Crippen molar-refractivity contribution in [2.75, 3.05) is 6.79 Å². The third-order valence-corrected chi connectivity index (χ3v) is 1.45. The molecule has 0 aromatic carbocycles. The number of carbonyl (C=O) groups excluding carboxylic acids is 1. The molecular formula is C2H4O3Ra. The third-order valence-electron chi connectivity index (χ3n) is 0.268. The molecule has 0 fully saturated rings. The molecule has 0 saturated carbocycles. The van der Waals surface area contributed by atoms with E-state index in [1.807, 2.05) is 0 Å². The first-order valence-electron chi connectivity index (χ1n) is 1.51. The molecule has 0 atom stereocenters. The second kappa shape index (κ2) is 4.07. The molecule has 0 aliphatic heterocycles. The van der Waals surface area contributed by atoms with E-state index in [4.69, 9.17) is 5.11 Å². The van der Waals surface area contributed by atoms with Crippen LogP contribution in [0.25, 0.3) is 0 Å². The number of hydrogen-bond acceptors (Lipinski definition) is 3. The molecular weight excluding hydrogens is 298 g/mol. The molecule has 0 rings (SSSR count). The van der Waals surface area contributed by atoms with Gasteiger partial charge in [0.25, 0.3) is 0 Å². The maximum atomic E-state index is 9.76. The van der Waals surface area contributed by atoms with E-state index in [0.717, 1.165) is 0 Å². The Bertz CT molecular complexity index is 52.8. The summed E-state index contributed by atoms with van der Waals surface area (Å²) in [6, 6.07) is 0. The maximum absolute atomic E-state index is 9.76. The van der Waals surface area contributed by atoms with Crippen LogP contribution in [-0.2, 0) is 4.74 Å².